The number of carbonyl (C=O) groups is 1. The third-order valence-corrected chi connectivity index (χ3v) is 4.64. The van der Waals surface area contributed by atoms with Gasteiger partial charge in [0.1, 0.15) is 5.82 Å². The smallest absolute Gasteiger partial charge is 0.255 e. The van der Waals surface area contributed by atoms with Crippen molar-refractivity contribution >= 4 is 37.8 Å². The maximum absolute atomic E-state index is 13.3. The van der Waals surface area contributed by atoms with Crippen LogP contribution in [-0.4, -0.2) is 28.7 Å². The number of alkyl halides is 1. The maximum Gasteiger partial charge on any atom is 0.255 e. The van der Waals surface area contributed by atoms with Gasteiger partial charge in [0, 0.05) is 22.4 Å². The summed E-state index contributed by atoms with van der Waals surface area (Å²) in [6, 6.07) is 4.52. The van der Waals surface area contributed by atoms with E-state index in [0.29, 0.717) is 10.0 Å². The molecular weight excluding hydrogens is 377 g/mol. The number of hydrogen-bond donors (Lipinski definition) is 0. The van der Waals surface area contributed by atoms with Gasteiger partial charge in [-0.05, 0) is 59.8 Å². The van der Waals surface area contributed by atoms with Gasteiger partial charge in [-0.1, -0.05) is 15.9 Å². The molecule has 1 amide bonds. The lowest BCUT2D eigenvalue weighted by Crippen LogP contribution is -2.44. The van der Waals surface area contributed by atoms with Crippen LogP contribution in [0.4, 0.5) is 4.39 Å². The molecule has 0 bridgehead atoms. The molecule has 1 aliphatic heterocycles. The van der Waals surface area contributed by atoms with Crippen molar-refractivity contribution in [3.05, 3.63) is 34.1 Å². The van der Waals surface area contributed by atoms with Crippen molar-refractivity contribution in [1.82, 2.24) is 4.90 Å². The predicted octanol–water partition coefficient (Wildman–Crippen LogP) is 4.37. The number of nitrogens with zero attached hydrogens (tertiary/aromatic N) is 1. The number of halogens is 3. The van der Waals surface area contributed by atoms with Gasteiger partial charge in [0.25, 0.3) is 5.91 Å². The Bertz CT molecular complexity index is 465. The highest BCUT2D eigenvalue weighted by Gasteiger charge is 2.28. The molecule has 0 spiro atoms. The Morgan fingerprint density at radius 1 is 1.42 bits per heavy atom. The number of likely N-dealkylation sites (tertiary alicyclic amines) is 1. The molecule has 1 aromatic carbocycles. The normalized spacial score (nSPS) is 19.5. The fourth-order valence-corrected chi connectivity index (χ4v) is 3.45. The Kier molecular flexibility index (Phi) is 5.39. The van der Waals surface area contributed by atoms with Crippen LogP contribution in [0.15, 0.2) is 22.7 Å². The quantitative estimate of drug-likeness (QED) is 0.699. The standard InChI is InChI=1S/C14H16Br2FNO/c15-7-6-11-3-1-2-8-18(11)14(19)12-9-10(17)4-5-13(12)16/h4-5,9,11H,1-3,6-8H2. The molecule has 1 saturated heterocycles. The van der Waals surface area contributed by atoms with Crippen LogP contribution in [0, 0.1) is 5.82 Å². The largest absolute Gasteiger partial charge is 0.336 e. The summed E-state index contributed by atoms with van der Waals surface area (Å²) in [6.07, 6.45) is 4.16. The molecule has 0 saturated carbocycles. The first-order valence-corrected chi connectivity index (χ1v) is 8.37. The van der Waals surface area contributed by atoms with E-state index < -0.39 is 0 Å². The van der Waals surface area contributed by atoms with Crippen molar-refractivity contribution < 1.29 is 9.18 Å². The zero-order valence-electron chi connectivity index (χ0n) is 10.5. The second kappa shape index (κ2) is 6.84. The van der Waals surface area contributed by atoms with Gasteiger partial charge in [-0.15, -0.1) is 0 Å². The Labute approximate surface area is 129 Å². The molecule has 1 aromatic rings. The minimum absolute atomic E-state index is 0.0722. The zero-order valence-corrected chi connectivity index (χ0v) is 13.7. The van der Waals surface area contributed by atoms with Crippen LogP contribution in [0.1, 0.15) is 36.0 Å². The number of benzene rings is 1. The monoisotopic (exact) mass is 391 g/mol. The molecule has 0 radical (unpaired) electrons. The molecule has 1 atom stereocenters. The summed E-state index contributed by atoms with van der Waals surface area (Å²) in [7, 11) is 0. The molecule has 2 nitrogen and oxygen atoms in total. The van der Waals surface area contributed by atoms with Gasteiger partial charge in [0.2, 0.25) is 0 Å². The van der Waals surface area contributed by atoms with Crippen LogP contribution in [0.3, 0.4) is 0 Å². The van der Waals surface area contributed by atoms with Crippen molar-refractivity contribution in [3.8, 4) is 0 Å². The molecule has 19 heavy (non-hydrogen) atoms. The Morgan fingerprint density at radius 2 is 2.21 bits per heavy atom. The second-order valence-electron chi connectivity index (χ2n) is 4.75. The Balaban J connectivity index is 2.23. The predicted molar refractivity (Wildman–Crippen MR) is 81.2 cm³/mol. The number of hydrogen-bond acceptors (Lipinski definition) is 1. The van der Waals surface area contributed by atoms with E-state index in [2.05, 4.69) is 31.9 Å². The summed E-state index contributed by atoms with van der Waals surface area (Å²) in [5.41, 5.74) is 0.418. The lowest BCUT2D eigenvalue weighted by molar-refractivity contribution is 0.0608. The summed E-state index contributed by atoms with van der Waals surface area (Å²) < 4.78 is 14.0. The topological polar surface area (TPSA) is 20.3 Å². The average Bonchev–Trinajstić information content (AvgIpc) is 2.42. The molecule has 1 aliphatic rings. The summed E-state index contributed by atoms with van der Waals surface area (Å²) in [5.74, 6) is -0.447. The van der Waals surface area contributed by atoms with Gasteiger partial charge in [-0.2, -0.15) is 0 Å². The molecule has 1 heterocycles. The van der Waals surface area contributed by atoms with Crippen LogP contribution >= 0.6 is 31.9 Å². The van der Waals surface area contributed by atoms with Crippen LogP contribution in [0.2, 0.25) is 0 Å². The van der Waals surface area contributed by atoms with E-state index in [0.717, 1.165) is 37.6 Å². The number of piperidine rings is 1. The highest BCUT2D eigenvalue weighted by atomic mass is 79.9. The van der Waals surface area contributed by atoms with Gasteiger partial charge >= 0.3 is 0 Å². The van der Waals surface area contributed by atoms with E-state index in [1.54, 1.807) is 6.07 Å². The molecule has 1 unspecified atom stereocenters. The van der Waals surface area contributed by atoms with Crippen molar-refractivity contribution in [1.29, 1.82) is 0 Å². The van der Waals surface area contributed by atoms with Gasteiger partial charge in [-0.3, -0.25) is 4.79 Å². The first-order chi connectivity index (χ1) is 9.13. The minimum atomic E-state index is -0.374. The fraction of sp³-hybridized carbons (Fsp3) is 0.500. The number of amides is 1. The molecule has 0 N–H and O–H groups in total. The molecule has 5 heteroatoms. The average molecular weight is 393 g/mol. The molecular formula is C14H16Br2FNO. The Hall–Kier alpha value is -0.420. The second-order valence-corrected chi connectivity index (χ2v) is 6.40. The van der Waals surface area contributed by atoms with Gasteiger partial charge in [-0.25, -0.2) is 4.39 Å². The molecule has 0 aliphatic carbocycles. The first kappa shape index (κ1) is 15.0. The summed E-state index contributed by atoms with van der Waals surface area (Å²) in [5, 5.41) is 0.881. The molecule has 0 aromatic heterocycles. The SMILES string of the molecule is O=C(c1cc(F)ccc1Br)N1CCCCC1CCBr. The maximum atomic E-state index is 13.3. The highest BCUT2D eigenvalue weighted by molar-refractivity contribution is 9.10. The zero-order chi connectivity index (χ0) is 13.8. The molecule has 104 valence electrons. The van der Waals surface area contributed by atoms with Crippen LogP contribution in [0.25, 0.3) is 0 Å². The fourth-order valence-electron chi connectivity index (χ4n) is 2.51. The van der Waals surface area contributed by atoms with Crippen LogP contribution in [-0.2, 0) is 0 Å². The van der Waals surface area contributed by atoms with E-state index in [4.69, 9.17) is 0 Å². The Morgan fingerprint density at radius 3 is 2.95 bits per heavy atom. The van der Waals surface area contributed by atoms with E-state index in [-0.39, 0.29) is 17.8 Å². The van der Waals surface area contributed by atoms with E-state index in [1.165, 1.54) is 12.1 Å². The van der Waals surface area contributed by atoms with Crippen LogP contribution in [0.5, 0.6) is 0 Å². The third kappa shape index (κ3) is 3.57. The van der Waals surface area contributed by atoms with Gasteiger partial charge < -0.3 is 4.90 Å². The highest BCUT2D eigenvalue weighted by Crippen LogP contribution is 2.26. The van der Waals surface area contributed by atoms with Crippen molar-refractivity contribution in [2.75, 3.05) is 11.9 Å². The lowest BCUT2D eigenvalue weighted by Gasteiger charge is -2.36. The number of carbonyl (C=O) groups excluding carboxylic acids is 1. The summed E-state index contributed by atoms with van der Waals surface area (Å²) >= 11 is 6.77. The van der Waals surface area contributed by atoms with Crippen LogP contribution < -0.4 is 0 Å². The number of rotatable bonds is 3. The summed E-state index contributed by atoms with van der Waals surface area (Å²) in [4.78, 5) is 14.5. The van der Waals surface area contributed by atoms with E-state index >= 15 is 0 Å². The summed E-state index contributed by atoms with van der Waals surface area (Å²) in [6.45, 7) is 0.763. The van der Waals surface area contributed by atoms with Gasteiger partial charge in [0.05, 0.1) is 5.56 Å². The van der Waals surface area contributed by atoms with Crippen molar-refractivity contribution in [2.24, 2.45) is 0 Å². The van der Waals surface area contributed by atoms with Gasteiger partial charge in [0.15, 0.2) is 0 Å². The van der Waals surface area contributed by atoms with Crippen molar-refractivity contribution in [2.45, 2.75) is 31.7 Å². The van der Waals surface area contributed by atoms with Crippen molar-refractivity contribution in [3.63, 3.8) is 0 Å². The molecule has 2 rings (SSSR count). The minimum Gasteiger partial charge on any atom is -0.336 e. The van der Waals surface area contributed by atoms with E-state index in [9.17, 15) is 9.18 Å². The third-order valence-electron chi connectivity index (χ3n) is 3.49. The lowest BCUT2D eigenvalue weighted by atomic mass is 9.99. The van der Waals surface area contributed by atoms with E-state index in [1.807, 2.05) is 4.90 Å². The molecule has 1 fully saturated rings. The first-order valence-electron chi connectivity index (χ1n) is 6.45.